The summed E-state index contributed by atoms with van der Waals surface area (Å²) in [6.07, 6.45) is 0. The van der Waals surface area contributed by atoms with E-state index in [-0.39, 0.29) is 24.0 Å². The van der Waals surface area contributed by atoms with Crippen LogP contribution in [0.2, 0.25) is 5.02 Å². The quantitative estimate of drug-likeness (QED) is 0.183. The highest BCUT2D eigenvalue weighted by molar-refractivity contribution is 6.31. The van der Waals surface area contributed by atoms with E-state index in [4.69, 9.17) is 36.1 Å². The molecule has 3 rings (SSSR count). The summed E-state index contributed by atoms with van der Waals surface area (Å²) in [5, 5.41) is 4.06. The van der Waals surface area contributed by atoms with Crippen LogP contribution in [-0.4, -0.2) is 24.7 Å². The zero-order chi connectivity index (χ0) is 22.4. The number of benzene rings is 2. The molecule has 31 heavy (non-hydrogen) atoms. The number of hydrogen-bond acceptors (Lipinski definition) is 7. The van der Waals surface area contributed by atoms with Crippen LogP contribution < -0.4 is 15.2 Å². The maximum absolute atomic E-state index is 12.2. The van der Waals surface area contributed by atoms with Crippen LogP contribution in [0.3, 0.4) is 0 Å². The van der Waals surface area contributed by atoms with Crippen molar-refractivity contribution in [2.45, 2.75) is 13.5 Å². The van der Waals surface area contributed by atoms with E-state index in [9.17, 15) is 9.59 Å². The molecule has 0 saturated heterocycles. The number of halogens is 1. The van der Waals surface area contributed by atoms with E-state index in [0.29, 0.717) is 33.4 Å². The van der Waals surface area contributed by atoms with E-state index in [1.807, 2.05) is 0 Å². The SMILES string of the molecule is COc1ccc(Cl)cc1/C(N)=N/OC(=O)c1ccc(COc2ccc(C(C)=O)cc2)o1. The molecule has 1 aromatic heterocycles. The lowest BCUT2D eigenvalue weighted by molar-refractivity contribution is 0.0475. The Bertz CT molecular complexity index is 1120. The first-order valence-electron chi connectivity index (χ1n) is 9.08. The molecule has 9 heteroatoms. The second kappa shape index (κ2) is 9.82. The third-order valence-corrected chi connectivity index (χ3v) is 4.40. The topological polar surface area (TPSA) is 113 Å². The molecular weight excluding hydrogens is 424 g/mol. The molecule has 0 spiro atoms. The molecule has 0 aliphatic carbocycles. The highest BCUT2D eigenvalue weighted by atomic mass is 35.5. The molecule has 2 N–H and O–H groups in total. The Kier molecular flexibility index (Phi) is 6.94. The minimum atomic E-state index is -0.832. The predicted octanol–water partition coefficient (Wildman–Crippen LogP) is 4.20. The largest absolute Gasteiger partial charge is 0.496 e. The molecule has 0 fully saturated rings. The number of carbonyl (C=O) groups is 2. The van der Waals surface area contributed by atoms with Crippen LogP contribution in [0.5, 0.6) is 11.5 Å². The maximum atomic E-state index is 12.2. The molecular formula is C22H19ClN2O6. The molecule has 0 aliphatic heterocycles. The highest BCUT2D eigenvalue weighted by Crippen LogP contribution is 2.22. The van der Waals surface area contributed by atoms with Gasteiger partial charge in [0.05, 0.1) is 12.7 Å². The first-order chi connectivity index (χ1) is 14.9. The van der Waals surface area contributed by atoms with Crippen molar-refractivity contribution in [3.05, 3.63) is 82.3 Å². The number of Topliss-reactive ketones (excluding diaryl/α,β-unsaturated/α-hetero) is 1. The van der Waals surface area contributed by atoms with Gasteiger partial charge in [0.2, 0.25) is 5.76 Å². The van der Waals surface area contributed by atoms with Gasteiger partial charge in [0.25, 0.3) is 0 Å². The molecule has 160 valence electrons. The van der Waals surface area contributed by atoms with E-state index in [2.05, 4.69) is 5.16 Å². The summed E-state index contributed by atoms with van der Waals surface area (Å²) in [5.74, 6) is 0.362. The van der Waals surface area contributed by atoms with Gasteiger partial charge in [-0.15, -0.1) is 0 Å². The van der Waals surface area contributed by atoms with Crippen molar-refractivity contribution in [1.82, 2.24) is 0 Å². The normalized spacial score (nSPS) is 11.1. The van der Waals surface area contributed by atoms with E-state index in [0.717, 1.165) is 0 Å². The van der Waals surface area contributed by atoms with Gasteiger partial charge in [-0.1, -0.05) is 16.8 Å². The van der Waals surface area contributed by atoms with E-state index in [1.165, 1.54) is 20.1 Å². The smallest absolute Gasteiger partial charge is 0.400 e. The second-order valence-corrected chi connectivity index (χ2v) is 6.77. The number of nitrogens with two attached hydrogens (primary N) is 1. The number of furan rings is 1. The Morgan fingerprint density at radius 1 is 1.10 bits per heavy atom. The number of nitrogens with zero attached hydrogens (tertiary/aromatic N) is 1. The number of carbonyl (C=O) groups excluding carboxylic acids is 2. The molecule has 8 nitrogen and oxygen atoms in total. The molecule has 1 heterocycles. The first kappa shape index (κ1) is 21.9. The molecule has 0 saturated carbocycles. The lowest BCUT2D eigenvalue weighted by Crippen LogP contribution is -2.16. The fraction of sp³-hybridized carbons (Fsp3) is 0.136. The molecule has 0 radical (unpaired) electrons. The molecule has 0 bridgehead atoms. The summed E-state index contributed by atoms with van der Waals surface area (Å²) >= 11 is 5.96. The number of oxime groups is 1. The number of hydrogen-bond donors (Lipinski definition) is 1. The van der Waals surface area contributed by atoms with Gasteiger partial charge in [0, 0.05) is 10.6 Å². The van der Waals surface area contributed by atoms with Crippen LogP contribution in [0.1, 0.15) is 39.2 Å². The van der Waals surface area contributed by atoms with Gasteiger partial charge in [-0.25, -0.2) is 4.79 Å². The van der Waals surface area contributed by atoms with Gasteiger partial charge in [0.1, 0.15) is 23.9 Å². The summed E-state index contributed by atoms with van der Waals surface area (Å²) in [5.41, 5.74) is 6.85. The van der Waals surface area contributed by atoms with E-state index < -0.39 is 5.97 Å². The summed E-state index contributed by atoms with van der Waals surface area (Å²) < 4.78 is 16.2. The Morgan fingerprint density at radius 2 is 1.84 bits per heavy atom. The lowest BCUT2D eigenvalue weighted by atomic mass is 10.1. The van der Waals surface area contributed by atoms with Crippen molar-refractivity contribution in [3.8, 4) is 11.5 Å². The van der Waals surface area contributed by atoms with Gasteiger partial charge in [0.15, 0.2) is 11.6 Å². The van der Waals surface area contributed by atoms with Crippen LogP contribution in [0.15, 0.2) is 64.2 Å². The van der Waals surface area contributed by atoms with Crippen LogP contribution in [0, 0.1) is 0 Å². The Labute approximate surface area is 183 Å². The number of ketones is 1. The average molecular weight is 443 g/mol. The summed E-state index contributed by atoms with van der Waals surface area (Å²) in [6.45, 7) is 1.57. The third-order valence-electron chi connectivity index (χ3n) is 4.17. The fourth-order valence-electron chi connectivity index (χ4n) is 2.57. The first-order valence-corrected chi connectivity index (χ1v) is 9.46. The number of amidine groups is 1. The van der Waals surface area contributed by atoms with Gasteiger partial charge >= 0.3 is 5.97 Å². The van der Waals surface area contributed by atoms with Crippen molar-refractivity contribution in [3.63, 3.8) is 0 Å². The van der Waals surface area contributed by atoms with Crippen LogP contribution in [0.25, 0.3) is 0 Å². The van der Waals surface area contributed by atoms with Crippen LogP contribution in [0.4, 0.5) is 0 Å². The number of methoxy groups -OCH3 is 1. The molecule has 3 aromatic rings. The summed E-state index contributed by atoms with van der Waals surface area (Å²) in [7, 11) is 1.47. The van der Waals surface area contributed by atoms with Crippen molar-refractivity contribution < 1.29 is 28.3 Å². The second-order valence-electron chi connectivity index (χ2n) is 6.34. The van der Waals surface area contributed by atoms with Crippen LogP contribution in [-0.2, 0) is 11.4 Å². The van der Waals surface area contributed by atoms with Crippen LogP contribution >= 0.6 is 11.6 Å². The average Bonchev–Trinajstić information content (AvgIpc) is 3.25. The third kappa shape index (κ3) is 5.64. The molecule has 2 aromatic carbocycles. The van der Waals surface area contributed by atoms with E-state index >= 15 is 0 Å². The Hall–Kier alpha value is -3.78. The molecule has 0 aliphatic rings. The number of ether oxygens (including phenoxy) is 2. The molecule has 0 atom stereocenters. The van der Waals surface area contributed by atoms with Gasteiger partial charge in [-0.05, 0) is 61.5 Å². The zero-order valence-electron chi connectivity index (χ0n) is 16.8. The van der Waals surface area contributed by atoms with Gasteiger partial charge in [-0.3, -0.25) is 4.79 Å². The number of rotatable bonds is 8. The van der Waals surface area contributed by atoms with Crippen molar-refractivity contribution >= 4 is 29.2 Å². The van der Waals surface area contributed by atoms with Gasteiger partial charge < -0.3 is 24.5 Å². The summed E-state index contributed by atoms with van der Waals surface area (Å²) in [4.78, 5) is 28.3. The fourth-order valence-corrected chi connectivity index (χ4v) is 2.74. The maximum Gasteiger partial charge on any atom is 0.400 e. The van der Waals surface area contributed by atoms with Crippen molar-refractivity contribution in [2.75, 3.05) is 7.11 Å². The minimum absolute atomic E-state index is 0.0298. The standard InChI is InChI=1S/C22H19ClN2O6/c1-13(26)14-3-6-16(7-4-14)29-12-17-8-10-20(30-17)22(27)31-25-21(24)18-11-15(23)5-9-19(18)28-2/h3-11H,12H2,1-2H3,(H2,24,25). The molecule has 0 amide bonds. The Balaban J connectivity index is 1.60. The zero-order valence-corrected chi connectivity index (χ0v) is 17.5. The minimum Gasteiger partial charge on any atom is -0.496 e. The Morgan fingerprint density at radius 3 is 2.52 bits per heavy atom. The van der Waals surface area contributed by atoms with Crippen molar-refractivity contribution in [1.29, 1.82) is 0 Å². The molecule has 0 unspecified atom stereocenters. The van der Waals surface area contributed by atoms with Crippen molar-refractivity contribution in [2.24, 2.45) is 10.9 Å². The van der Waals surface area contributed by atoms with Gasteiger partial charge in [-0.2, -0.15) is 0 Å². The predicted molar refractivity (Wildman–Crippen MR) is 114 cm³/mol. The van der Waals surface area contributed by atoms with E-state index in [1.54, 1.807) is 48.5 Å². The summed E-state index contributed by atoms with van der Waals surface area (Å²) in [6, 6.07) is 14.5. The lowest BCUT2D eigenvalue weighted by Gasteiger charge is -2.07. The highest BCUT2D eigenvalue weighted by Gasteiger charge is 2.15. The monoisotopic (exact) mass is 442 g/mol.